The van der Waals surface area contributed by atoms with Gasteiger partial charge in [-0.05, 0) is 73.2 Å². The molecule has 3 aromatic carbocycles. The highest BCUT2D eigenvalue weighted by Gasteiger charge is 2.61. The molecule has 1 amide bonds. The molecule has 3 aliphatic heterocycles. The zero-order valence-corrected chi connectivity index (χ0v) is 27.5. The van der Waals surface area contributed by atoms with E-state index in [4.69, 9.17) is 26.3 Å². The van der Waals surface area contributed by atoms with E-state index < -0.39 is 11.4 Å². The van der Waals surface area contributed by atoms with Crippen molar-refractivity contribution < 1.29 is 18.4 Å². The Morgan fingerprint density at radius 1 is 1.02 bits per heavy atom. The van der Waals surface area contributed by atoms with Gasteiger partial charge in [0.2, 0.25) is 0 Å². The maximum atomic E-state index is 14.8. The number of anilines is 2. The number of benzene rings is 3. The highest BCUT2D eigenvalue weighted by Crippen LogP contribution is 2.44. The Kier molecular flexibility index (Phi) is 8.45. The molecular formula is C37H39ClFN6O2+. The van der Waals surface area contributed by atoms with Crippen LogP contribution < -0.4 is 15.0 Å². The van der Waals surface area contributed by atoms with Gasteiger partial charge in [-0.3, -0.25) is 14.5 Å². The van der Waals surface area contributed by atoms with Crippen molar-refractivity contribution in [3.63, 3.8) is 0 Å². The fraction of sp³-hybridized carbons (Fsp3) is 0.351. The summed E-state index contributed by atoms with van der Waals surface area (Å²) in [6.07, 6.45) is 9.06. The van der Waals surface area contributed by atoms with E-state index in [1.807, 2.05) is 31.5 Å². The van der Waals surface area contributed by atoms with Gasteiger partial charge in [-0.2, -0.15) is 0 Å². The quantitative estimate of drug-likeness (QED) is 0.240. The summed E-state index contributed by atoms with van der Waals surface area (Å²) in [5.41, 5.74) is 4.53. The predicted octanol–water partition coefficient (Wildman–Crippen LogP) is 7.02. The van der Waals surface area contributed by atoms with Gasteiger partial charge in [-0.15, -0.1) is 0 Å². The lowest BCUT2D eigenvalue weighted by molar-refractivity contribution is -0.840. The molecule has 1 spiro atoms. The number of piperidine rings is 1. The molecule has 7 rings (SSSR count). The molecule has 8 nitrogen and oxygen atoms in total. The van der Waals surface area contributed by atoms with Crippen LogP contribution in [0.15, 0.2) is 78.0 Å². The molecule has 47 heavy (non-hydrogen) atoms. The summed E-state index contributed by atoms with van der Waals surface area (Å²) in [6.45, 7) is 2.74. The average molecular weight is 654 g/mol. The van der Waals surface area contributed by atoms with Gasteiger partial charge in [0.15, 0.2) is 5.54 Å². The van der Waals surface area contributed by atoms with E-state index in [0.717, 1.165) is 66.9 Å². The Balaban J connectivity index is 1.27. The van der Waals surface area contributed by atoms with Gasteiger partial charge < -0.3 is 15.0 Å². The summed E-state index contributed by atoms with van der Waals surface area (Å²) >= 11 is 6.33. The molecule has 1 aromatic heterocycles. The Hall–Kier alpha value is -4.34. The molecule has 1 N–H and O–H groups in total. The van der Waals surface area contributed by atoms with Gasteiger partial charge in [0.25, 0.3) is 0 Å². The topological polar surface area (TPSA) is 79.7 Å². The summed E-state index contributed by atoms with van der Waals surface area (Å²) < 4.78 is 20.8. The van der Waals surface area contributed by atoms with Crippen LogP contribution in [0.5, 0.6) is 5.75 Å². The lowest BCUT2D eigenvalue weighted by Crippen LogP contribution is -2.67. The number of hydrogen-bond donors (Lipinski definition) is 1. The van der Waals surface area contributed by atoms with Crippen LogP contribution in [0, 0.1) is 5.82 Å². The summed E-state index contributed by atoms with van der Waals surface area (Å²) in [5.74, 6) is 1.16. The van der Waals surface area contributed by atoms with Crippen molar-refractivity contribution in [2.45, 2.75) is 43.7 Å². The first-order valence-corrected chi connectivity index (χ1v) is 16.7. The van der Waals surface area contributed by atoms with Gasteiger partial charge >= 0.3 is 5.91 Å². The molecule has 0 radical (unpaired) electrons. The molecule has 0 saturated carbocycles. The molecule has 2 fully saturated rings. The fourth-order valence-electron chi connectivity index (χ4n) is 7.63. The van der Waals surface area contributed by atoms with Gasteiger partial charge in [0.05, 0.1) is 49.8 Å². The van der Waals surface area contributed by atoms with Crippen LogP contribution >= 0.6 is 11.6 Å². The van der Waals surface area contributed by atoms with Crippen LogP contribution in [0.25, 0.3) is 22.4 Å². The normalized spacial score (nSPS) is 24.3. The number of aliphatic imine (C=N–C) groups is 1. The fourth-order valence-corrected chi connectivity index (χ4v) is 7.89. The lowest BCUT2D eigenvalue weighted by Gasteiger charge is -2.47. The van der Waals surface area contributed by atoms with Gasteiger partial charge in [-0.1, -0.05) is 35.9 Å². The van der Waals surface area contributed by atoms with Crippen LogP contribution in [-0.2, 0) is 4.79 Å². The summed E-state index contributed by atoms with van der Waals surface area (Å²) in [7, 11) is 4.01. The molecule has 10 heteroatoms. The summed E-state index contributed by atoms with van der Waals surface area (Å²) in [5, 5.41) is 3.59. The molecule has 2 saturated heterocycles. The molecule has 3 aliphatic rings. The van der Waals surface area contributed by atoms with Crippen molar-refractivity contribution in [1.82, 2.24) is 9.97 Å². The molecule has 4 aromatic rings. The number of carbonyl (C=O) groups is 1. The Bertz CT molecular complexity index is 1830. The lowest BCUT2D eigenvalue weighted by atomic mass is 9.83. The Morgan fingerprint density at radius 3 is 2.68 bits per heavy atom. The third kappa shape index (κ3) is 5.87. The number of nitrogens with zero attached hydrogens (tertiary/aromatic N) is 5. The van der Waals surface area contributed by atoms with Crippen LogP contribution in [0.2, 0.25) is 5.02 Å². The number of amides is 1. The summed E-state index contributed by atoms with van der Waals surface area (Å²) in [6, 6.07) is 18.6. The largest absolute Gasteiger partial charge is 0.488 e. The maximum Gasteiger partial charge on any atom is 0.339 e. The van der Waals surface area contributed by atoms with E-state index in [2.05, 4.69) is 46.5 Å². The minimum absolute atomic E-state index is 0.204. The van der Waals surface area contributed by atoms with E-state index >= 15 is 0 Å². The number of quaternary nitrogens is 1. The van der Waals surface area contributed by atoms with Crippen LogP contribution in [-0.4, -0.2) is 78.5 Å². The molecule has 1 unspecified atom stereocenters. The third-order valence-electron chi connectivity index (χ3n) is 9.95. The number of ether oxygens (including phenoxy) is 1. The van der Waals surface area contributed by atoms with Crippen molar-refractivity contribution in [2.24, 2.45) is 4.99 Å². The van der Waals surface area contributed by atoms with Gasteiger partial charge in [-0.25, -0.2) is 14.2 Å². The van der Waals surface area contributed by atoms with E-state index in [-0.39, 0.29) is 17.0 Å². The second-order valence-electron chi connectivity index (χ2n) is 13.0. The number of nitrogens with one attached hydrogen (secondary N) is 1. The average Bonchev–Trinajstić information content (AvgIpc) is 3.43. The number of likely N-dealkylation sites (N-methyl/N-ethyl adjacent to an activating group) is 1. The SMILES string of the molecule is CNc1cccc2c1C=NCCCC[N+]1(C)CCC[C@]3(C[C@@H](CN3c3cnc(-c4ccc(F)cc4Cl)cn3)Oc3cccc-2c3)C1=O. The van der Waals surface area contributed by atoms with Crippen molar-refractivity contribution in [3.05, 3.63) is 89.5 Å². The number of aromatic nitrogens is 2. The molecule has 242 valence electrons. The van der Waals surface area contributed by atoms with E-state index in [1.165, 1.54) is 12.1 Å². The molecular weight excluding hydrogens is 615 g/mol. The Morgan fingerprint density at radius 2 is 1.87 bits per heavy atom. The molecule has 5 bridgehead atoms. The van der Waals surface area contributed by atoms with E-state index in [0.29, 0.717) is 41.1 Å². The third-order valence-corrected chi connectivity index (χ3v) is 10.3. The number of hydrogen-bond acceptors (Lipinski definition) is 7. The minimum Gasteiger partial charge on any atom is -0.488 e. The highest BCUT2D eigenvalue weighted by molar-refractivity contribution is 6.33. The van der Waals surface area contributed by atoms with Crippen molar-refractivity contribution >= 4 is 35.2 Å². The monoisotopic (exact) mass is 653 g/mol. The summed E-state index contributed by atoms with van der Waals surface area (Å²) in [4.78, 5) is 31.2. The molecule has 4 heterocycles. The number of halogens is 2. The van der Waals surface area contributed by atoms with Gasteiger partial charge in [0.1, 0.15) is 23.5 Å². The maximum absolute atomic E-state index is 14.8. The van der Waals surface area contributed by atoms with E-state index in [9.17, 15) is 9.18 Å². The van der Waals surface area contributed by atoms with Crippen LogP contribution in [0.4, 0.5) is 15.9 Å². The first kappa shape index (κ1) is 31.3. The molecule has 0 aliphatic carbocycles. The smallest absolute Gasteiger partial charge is 0.339 e. The van der Waals surface area contributed by atoms with Crippen molar-refractivity contribution in [1.29, 1.82) is 0 Å². The second kappa shape index (κ2) is 12.7. The predicted molar refractivity (Wildman–Crippen MR) is 185 cm³/mol. The number of rotatable bonds is 3. The number of fused-ring (bicyclic) bond motifs is 6. The molecule has 3 atom stereocenters. The van der Waals surface area contributed by atoms with E-state index in [1.54, 1.807) is 18.5 Å². The standard InChI is InChI=1S/C37H39ClFN6O2/c1-40-33-11-6-10-29-25-8-5-9-27(18-25)47-28-20-37(14-7-17-45(2,36(37)46)16-4-3-15-41-21-31(29)33)44(24-28)35-23-42-34(22-43-35)30-13-12-26(39)19-32(30)38/h5-6,8-13,18-19,21-23,28,40H,3-4,7,14-17,20,24H2,1-2H3/q+1/t28-,37-,45?/m0/s1. The highest BCUT2D eigenvalue weighted by atomic mass is 35.5. The van der Waals surface area contributed by atoms with Gasteiger partial charge in [0, 0.05) is 43.0 Å². The van der Waals surface area contributed by atoms with Crippen LogP contribution in [0.1, 0.15) is 37.7 Å². The van der Waals surface area contributed by atoms with Crippen LogP contribution in [0.3, 0.4) is 0 Å². The first-order valence-electron chi connectivity index (χ1n) is 16.3. The minimum atomic E-state index is -0.778. The second-order valence-corrected chi connectivity index (χ2v) is 13.4. The zero-order chi connectivity index (χ0) is 32.6. The van der Waals surface area contributed by atoms with Crippen molar-refractivity contribution in [3.8, 4) is 28.1 Å². The van der Waals surface area contributed by atoms with Crippen molar-refractivity contribution in [2.75, 3.05) is 50.5 Å². The first-order chi connectivity index (χ1) is 22.8. The Labute approximate surface area is 279 Å². The number of carbonyl (C=O) groups excluding carboxylic acids is 1. The zero-order valence-electron chi connectivity index (χ0n) is 26.8.